The van der Waals surface area contributed by atoms with Crippen molar-refractivity contribution in [3.63, 3.8) is 0 Å². The van der Waals surface area contributed by atoms with Gasteiger partial charge in [0.2, 0.25) is 0 Å². The lowest BCUT2D eigenvalue weighted by Crippen LogP contribution is -2.37. The summed E-state index contributed by atoms with van der Waals surface area (Å²) in [6, 6.07) is 3.99. The molecular weight excluding hydrogens is 330 g/mol. The molecule has 1 amide bonds. The van der Waals surface area contributed by atoms with Crippen LogP contribution in [-0.2, 0) is 27.1 Å². The fourth-order valence-electron chi connectivity index (χ4n) is 3.58. The number of fused-ring (bicyclic) bond motifs is 1. The van der Waals surface area contributed by atoms with Crippen LogP contribution in [0.1, 0.15) is 41.6 Å². The largest absolute Gasteiger partial charge is 0.347 e. The van der Waals surface area contributed by atoms with Crippen LogP contribution in [0.25, 0.3) is 11.5 Å². The molecule has 1 aliphatic heterocycles. The van der Waals surface area contributed by atoms with E-state index >= 15 is 0 Å². The summed E-state index contributed by atoms with van der Waals surface area (Å²) >= 11 is 0. The minimum Gasteiger partial charge on any atom is -0.347 e. The zero-order chi connectivity index (χ0) is 18.4. The first-order chi connectivity index (χ1) is 12.5. The van der Waals surface area contributed by atoms with Crippen molar-refractivity contribution >= 4 is 5.91 Å². The second-order valence-electron chi connectivity index (χ2n) is 7.03. The van der Waals surface area contributed by atoms with E-state index in [9.17, 15) is 4.79 Å². The fourth-order valence-corrected chi connectivity index (χ4v) is 3.58. The minimum absolute atomic E-state index is 0.0447. The SMILES string of the molecule is CC(C)n1cnnc1-c1nn(C)c2c1CN(C(=O)c1cccn1C)CC2. The highest BCUT2D eigenvalue weighted by Gasteiger charge is 2.30. The Labute approximate surface area is 152 Å². The predicted octanol–water partition coefficient (Wildman–Crippen LogP) is 1.80. The van der Waals surface area contributed by atoms with Gasteiger partial charge in [0.05, 0.1) is 6.54 Å². The monoisotopic (exact) mass is 353 g/mol. The molecule has 0 unspecified atom stereocenters. The van der Waals surface area contributed by atoms with Crippen molar-refractivity contribution in [1.82, 2.24) is 34.0 Å². The van der Waals surface area contributed by atoms with E-state index in [0.717, 1.165) is 29.2 Å². The number of carbonyl (C=O) groups excluding carboxylic acids is 1. The molecule has 0 saturated carbocycles. The van der Waals surface area contributed by atoms with Crippen molar-refractivity contribution in [3.8, 4) is 11.5 Å². The Morgan fingerprint density at radius 1 is 1.27 bits per heavy atom. The number of aryl methyl sites for hydroxylation is 2. The summed E-state index contributed by atoms with van der Waals surface area (Å²) in [4.78, 5) is 14.8. The molecule has 136 valence electrons. The number of nitrogens with zero attached hydrogens (tertiary/aromatic N) is 7. The molecule has 8 nitrogen and oxygen atoms in total. The molecule has 0 spiro atoms. The first-order valence-corrected chi connectivity index (χ1v) is 8.82. The van der Waals surface area contributed by atoms with Gasteiger partial charge in [-0.1, -0.05) is 0 Å². The van der Waals surface area contributed by atoms with Gasteiger partial charge in [-0.15, -0.1) is 10.2 Å². The molecule has 4 heterocycles. The van der Waals surface area contributed by atoms with Gasteiger partial charge in [0.25, 0.3) is 5.91 Å². The predicted molar refractivity (Wildman–Crippen MR) is 96.5 cm³/mol. The normalized spacial score (nSPS) is 14.1. The minimum atomic E-state index is 0.0447. The Kier molecular flexibility index (Phi) is 3.90. The van der Waals surface area contributed by atoms with E-state index in [0.29, 0.717) is 18.8 Å². The smallest absolute Gasteiger partial charge is 0.270 e. The molecule has 0 N–H and O–H groups in total. The average molecular weight is 353 g/mol. The Bertz CT molecular complexity index is 962. The molecule has 0 radical (unpaired) electrons. The topological polar surface area (TPSA) is 73.8 Å². The number of carbonyl (C=O) groups is 1. The zero-order valence-corrected chi connectivity index (χ0v) is 15.5. The quantitative estimate of drug-likeness (QED) is 0.720. The lowest BCUT2D eigenvalue weighted by Gasteiger charge is -2.28. The van der Waals surface area contributed by atoms with E-state index in [4.69, 9.17) is 5.10 Å². The highest BCUT2D eigenvalue weighted by molar-refractivity contribution is 5.93. The van der Waals surface area contributed by atoms with Gasteiger partial charge < -0.3 is 14.0 Å². The third-order valence-electron chi connectivity index (χ3n) is 5.03. The standard InChI is InChI=1S/C18H23N7O/c1-12(2)25-11-19-20-17(25)16-13-10-24(9-7-14(13)23(4)21-16)18(26)15-6-5-8-22(15)3/h5-6,8,11-12H,7,9-10H2,1-4H3. The molecule has 1 aliphatic rings. The number of hydrogen-bond donors (Lipinski definition) is 0. The van der Waals surface area contributed by atoms with E-state index in [2.05, 4.69) is 24.0 Å². The Morgan fingerprint density at radius 3 is 2.77 bits per heavy atom. The molecule has 0 aromatic carbocycles. The third kappa shape index (κ3) is 2.53. The van der Waals surface area contributed by atoms with Gasteiger partial charge in [-0.05, 0) is 26.0 Å². The van der Waals surface area contributed by atoms with E-state index in [1.807, 2.05) is 51.1 Å². The number of rotatable bonds is 3. The molecule has 0 fully saturated rings. The summed E-state index contributed by atoms with van der Waals surface area (Å²) in [5.41, 5.74) is 3.74. The van der Waals surface area contributed by atoms with Gasteiger partial charge >= 0.3 is 0 Å². The zero-order valence-electron chi connectivity index (χ0n) is 15.5. The molecule has 0 atom stereocenters. The average Bonchev–Trinajstić information content (AvgIpc) is 3.33. The van der Waals surface area contributed by atoms with Crippen LogP contribution >= 0.6 is 0 Å². The van der Waals surface area contributed by atoms with E-state index < -0.39 is 0 Å². The molecule has 0 saturated heterocycles. The van der Waals surface area contributed by atoms with Crippen molar-refractivity contribution < 1.29 is 4.79 Å². The Morgan fingerprint density at radius 2 is 2.08 bits per heavy atom. The lowest BCUT2D eigenvalue weighted by atomic mass is 10.0. The van der Waals surface area contributed by atoms with Gasteiger partial charge in [-0.3, -0.25) is 9.48 Å². The molecule has 8 heteroatoms. The first kappa shape index (κ1) is 16.6. The molecular formula is C18H23N7O. The van der Waals surface area contributed by atoms with Crippen LogP contribution in [0.3, 0.4) is 0 Å². The van der Waals surface area contributed by atoms with Gasteiger partial charge in [-0.25, -0.2) is 0 Å². The van der Waals surface area contributed by atoms with Crippen LogP contribution < -0.4 is 0 Å². The lowest BCUT2D eigenvalue weighted by molar-refractivity contribution is 0.0724. The summed E-state index contributed by atoms with van der Waals surface area (Å²) in [6.45, 7) is 5.40. The van der Waals surface area contributed by atoms with Gasteiger partial charge in [-0.2, -0.15) is 5.10 Å². The fraction of sp³-hybridized carbons (Fsp3) is 0.444. The number of aromatic nitrogens is 6. The molecule has 3 aromatic rings. The van der Waals surface area contributed by atoms with Crippen molar-refractivity contribution in [3.05, 3.63) is 41.6 Å². The highest BCUT2D eigenvalue weighted by Crippen LogP contribution is 2.30. The maximum absolute atomic E-state index is 12.9. The Hall–Kier alpha value is -2.90. The van der Waals surface area contributed by atoms with Gasteiger partial charge in [0.15, 0.2) is 5.82 Å². The molecule has 0 bridgehead atoms. The molecule has 3 aromatic heterocycles. The summed E-state index contributed by atoms with van der Waals surface area (Å²) in [5.74, 6) is 0.799. The summed E-state index contributed by atoms with van der Waals surface area (Å²) in [7, 11) is 3.84. The van der Waals surface area contributed by atoms with Gasteiger partial charge in [0, 0.05) is 50.6 Å². The van der Waals surface area contributed by atoms with Crippen LogP contribution in [0.4, 0.5) is 0 Å². The van der Waals surface area contributed by atoms with Crippen LogP contribution in [0.5, 0.6) is 0 Å². The van der Waals surface area contributed by atoms with Crippen molar-refractivity contribution in [2.45, 2.75) is 32.9 Å². The highest BCUT2D eigenvalue weighted by atomic mass is 16.2. The van der Waals surface area contributed by atoms with Crippen molar-refractivity contribution in [1.29, 1.82) is 0 Å². The van der Waals surface area contributed by atoms with Gasteiger partial charge in [0.1, 0.15) is 17.7 Å². The second kappa shape index (κ2) is 6.12. The molecule has 0 aliphatic carbocycles. The van der Waals surface area contributed by atoms with E-state index in [1.54, 1.807) is 6.33 Å². The number of amides is 1. The van der Waals surface area contributed by atoms with Crippen molar-refractivity contribution in [2.24, 2.45) is 14.1 Å². The van der Waals surface area contributed by atoms with E-state index in [1.165, 1.54) is 0 Å². The molecule has 4 rings (SSSR count). The van der Waals surface area contributed by atoms with Crippen LogP contribution in [0, 0.1) is 0 Å². The summed E-state index contributed by atoms with van der Waals surface area (Å²) in [6.07, 6.45) is 4.41. The van der Waals surface area contributed by atoms with Crippen LogP contribution in [0.15, 0.2) is 24.7 Å². The third-order valence-corrected chi connectivity index (χ3v) is 5.03. The first-order valence-electron chi connectivity index (χ1n) is 8.82. The van der Waals surface area contributed by atoms with Crippen LogP contribution in [-0.4, -0.2) is 46.5 Å². The second-order valence-corrected chi connectivity index (χ2v) is 7.03. The maximum atomic E-state index is 12.9. The molecule has 26 heavy (non-hydrogen) atoms. The number of hydrogen-bond acceptors (Lipinski definition) is 4. The van der Waals surface area contributed by atoms with Crippen LogP contribution in [0.2, 0.25) is 0 Å². The summed E-state index contributed by atoms with van der Waals surface area (Å²) < 4.78 is 5.78. The maximum Gasteiger partial charge on any atom is 0.270 e. The van der Waals surface area contributed by atoms with Crippen molar-refractivity contribution in [2.75, 3.05) is 6.54 Å². The summed E-state index contributed by atoms with van der Waals surface area (Å²) in [5, 5.41) is 13.1. The van der Waals surface area contributed by atoms with E-state index in [-0.39, 0.29) is 11.9 Å². The Balaban J connectivity index is 1.72.